The maximum Gasteiger partial charge on any atom is 0.393 e. The molecule has 1 unspecified atom stereocenters. The van der Waals surface area contributed by atoms with E-state index < -0.39 is 18.0 Å². The summed E-state index contributed by atoms with van der Waals surface area (Å²) in [6.45, 7) is -0.0320. The number of halogens is 3. The molecule has 4 rings (SSSR count). The molecule has 0 spiro atoms. The molecule has 0 saturated heterocycles. The Balaban J connectivity index is 1.55. The van der Waals surface area contributed by atoms with Crippen molar-refractivity contribution in [3.8, 4) is 5.75 Å². The molecule has 1 amide bonds. The summed E-state index contributed by atoms with van der Waals surface area (Å²) in [6, 6.07) is 7.35. The number of aliphatic hydroxyl groups is 1. The van der Waals surface area contributed by atoms with Crippen molar-refractivity contribution >= 4 is 5.91 Å². The first-order valence-corrected chi connectivity index (χ1v) is 10.1. The van der Waals surface area contributed by atoms with Gasteiger partial charge in [0, 0.05) is 19.6 Å². The summed E-state index contributed by atoms with van der Waals surface area (Å²) in [6.07, 6.45) is -2.90. The number of benzene rings is 1. The number of aryl methyl sites for hydroxylation is 1. The van der Waals surface area contributed by atoms with E-state index in [0.29, 0.717) is 37.4 Å². The van der Waals surface area contributed by atoms with Crippen LogP contribution >= 0.6 is 0 Å². The highest BCUT2D eigenvalue weighted by atomic mass is 19.4. The highest BCUT2D eigenvalue weighted by Gasteiger charge is 2.42. The van der Waals surface area contributed by atoms with Crippen LogP contribution in [0.25, 0.3) is 0 Å². The number of carbonyl (C=O) groups is 1. The zero-order chi connectivity index (χ0) is 21.3. The van der Waals surface area contributed by atoms with E-state index in [-0.39, 0.29) is 37.7 Å². The molecule has 1 aromatic heterocycles. The van der Waals surface area contributed by atoms with Gasteiger partial charge in [-0.15, -0.1) is 0 Å². The Bertz CT molecular complexity index is 926. The average Bonchev–Trinajstić information content (AvgIpc) is 3.09. The Morgan fingerprint density at radius 2 is 2.13 bits per heavy atom. The summed E-state index contributed by atoms with van der Waals surface area (Å²) in [5.74, 6) is -0.575. The van der Waals surface area contributed by atoms with Gasteiger partial charge in [0.2, 0.25) is 0 Å². The van der Waals surface area contributed by atoms with Gasteiger partial charge in [0.25, 0.3) is 5.91 Å². The quantitative estimate of drug-likeness (QED) is 0.775. The molecule has 2 N–H and O–H groups in total. The lowest BCUT2D eigenvalue weighted by Crippen LogP contribution is -2.43. The molecule has 2 atom stereocenters. The summed E-state index contributed by atoms with van der Waals surface area (Å²) < 4.78 is 47.0. The Hall–Kier alpha value is -2.55. The summed E-state index contributed by atoms with van der Waals surface area (Å²) in [5, 5.41) is 12.1. The van der Waals surface area contributed by atoms with E-state index in [9.17, 15) is 23.1 Å². The number of imidazole rings is 1. The van der Waals surface area contributed by atoms with E-state index in [0.717, 1.165) is 11.3 Å². The first-order valence-electron chi connectivity index (χ1n) is 10.1. The Labute approximate surface area is 172 Å². The normalized spacial score (nSPS) is 20.8. The molecule has 0 aliphatic carbocycles. The molecule has 1 aromatic carbocycles. The predicted molar refractivity (Wildman–Crippen MR) is 102 cm³/mol. The third-order valence-electron chi connectivity index (χ3n) is 5.73. The van der Waals surface area contributed by atoms with Crippen LogP contribution in [-0.2, 0) is 25.8 Å². The molecule has 3 heterocycles. The van der Waals surface area contributed by atoms with E-state index >= 15 is 0 Å². The summed E-state index contributed by atoms with van der Waals surface area (Å²) in [7, 11) is 0. The maximum atomic E-state index is 13.2. The van der Waals surface area contributed by atoms with E-state index in [2.05, 4.69) is 10.3 Å². The third-order valence-corrected chi connectivity index (χ3v) is 5.73. The van der Waals surface area contributed by atoms with Gasteiger partial charge in [0.15, 0.2) is 0 Å². The van der Waals surface area contributed by atoms with Crippen molar-refractivity contribution in [1.82, 2.24) is 14.9 Å². The second-order valence-corrected chi connectivity index (χ2v) is 7.83. The lowest BCUT2D eigenvalue weighted by Gasteiger charge is -2.27. The predicted octanol–water partition coefficient (Wildman–Crippen LogP) is 2.67. The zero-order valence-electron chi connectivity index (χ0n) is 16.4. The molecule has 30 heavy (non-hydrogen) atoms. The molecule has 2 aliphatic rings. The second-order valence-electron chi connectivity index (χ2n) is 7.83. The number of fused-ring (bicyclic) bond motifs is 2. The number of alkyl halides is 3. The molecule has 0 radical (unpaired) electrons. The molecule has 0 bridgehead atoms. The van der Waals surface area contributed by atoms with Crippen molar-refractivity contribution in [2.75, 3.05) is 13.2 Å². The highest BCUT2D eigenvalue weighted by molar-refractivity contribution is 5.94. The van der Waals surface area contributed by atoms with Crippen LogP contribution in [-0.4, -0.2) is 46.0 Å². The lowest BCUT2D eigenvalue weighted by atomic mass is 9.98. The smallest absolute Gasteiger partial charge is 0.393 e. The van der Waals surface area contributed by atoms with Gasteiger partial charge in [-0.25, -0.2) is 4.98 Å². The van der Waals surface area contributed by atoms with Crippen LogP contribution in [0.4, 0.5) is 13.2 Å². The number of hydrogen-bond donors (Lipinski definition) is 2. The van der Waals surface area contributed by atoms with Crippen LogP contribution in [0, 0.1) is 5.92 Å². The van der Waals surface area contributed by atoms with Crippen LogP contribution < -0.4 is 10.1 Å². The number of amides is 1. The van der Waals surface area contributed by atoms with E-state index in [1.54, 1.807) is 0 Å². The van der Waals surface area contributed by atoms with Crippen molar-refractivity contribution in [2.24, 2.45) is 5.92 Å². The number of aliphatic hydroxyl groups excluding tert-OH is 1. The van der Waals surface area contributed by atoms with Gasteiger partial charge in [-0.1, -0.05) is 18.2 Å². The Kier molecular flexibility index (Phi) is 5.73. The van der Waals surface area contributed by atoms with Gasteiger partial charge in [0.05, 0.1) is 17.7 Å². The number of para-hydroxylation sites is 1. The lowest BCUT2D eigenvalue weighted by molar-refractivity contribution is -0.182. The van der Waals surface area contributed by atoms with Crippen LogP contribution in [0.15, 0.2) is 24.3 Å². The number of aromatic nitrogens is 2. The Morgan fingerprint density at radius 3 is 2.90 bits per heavy atom. The first-order chi connectivity index (χ1) is 14.4. The fourth-order valence-corrected chi connectivity index (χ4v) is 4.18. The molecule has 9 heteroatoms. The van der Waals surface area contributed by atoms with Gasteiger partial charge >= 0.3 is 6.18 Å². The summed E-state index contributed by atoms with van der Waals surface area (Å²) >= 11 is 0. The van der Waals surface area contributed by atoms with E-state index in [1.165, 1.54) is 4.57 Å². The molecule has 0 fully saturated rings. The van der Waals surface area contributed by atoms with E-state index in [4.69, 9.17) is 4.74 Å². The average molecular weight is 423 g/mol. The van der Waals surface area contributed by atoms with Gasteiger partial charge in [-0.3, -0.25) is 4.79 Å². The standard InChI is InChI=1S/C21H24F3N3O3/c22-21(23,24)14-7-8-18-26-19(16(5-3-9-28)27(18)11-14)20(29)25-15-10-13-4-1-2-6-17(13)30-12-15/h1-2,4,6,14-15,28H,3,5,7-12H2,(H,25,29)/t14?,15-/m1/s1. The number of rotatable bonds is 5. The molecule has 0 saturated carbocycles. The second kappa shape index (κ2) is 8.29. The van der Waals surface area contributed by atoms with Gasteiger partial charge in [-0.05, 0) is 37.3 Å². The number of nitrogens with zero attached hydrogens (tertiary/aromatic N) is 2. The molecule has 6 nitrogen and oxygen atoms in total. The topological polar surface area (TPSA) is 76.4 Å². The van der Waals surface area contributed by atoms with Crippen LogP contribution in [0.5, 0.6) is 5.75 Å². The zero-order valence-corrected chi connectivity index (χ0v) is 16.4. The van der Waals surface area contributed by atoms with Crippen LogP contribution in [0.2, 0.25) is 0 Å². The van der Waals surface area contributed by atoms with Gasteiger partial charge in [0.1, 0.15) is 23.9 Å². The van der Waals surface area contributed by atoms with Gasteiger partial charge in [-0.2, -0.15) is 13.2 Å². The minimum Gasteiger partial charge on any atom is -0.491 e. The van der Waals surface area contributed by atoms with Crippen LogP contribution in [0.1, 0.15) is 40.4 Å². The fraction of sp³-hybridized carbons (Fsp3) is 0.524. The van der Waals surface area contributed by atoms with Gasteiger partial charge < -0.3 is 19.7 Å². The van der Waals surface area contributed by atoms with Crippen molar-refractivity contribution in [1.29, 1.82) is 0 Å². The minimum atomic E-state index is -4.29. The molecule has 2 aliphatic heterocycles. The first kappa shape index (κ1) is 20.7. The minimum absolute atomic E-state index is 0.0335. The summed E-state index contributed by atoms with van der Waals surface area (Å²) in [5.41, 5.74) is 1.61. The number of ether oxygens (including phenoxy) is 1. The summed E-state index contributed by atoms with van der Waals surface area (Å²) in [4.78, 5) is 17.4. The van der Waals surface area contributed by atoms with Crippen molar-refractivity contribution < 1.29 is 27.8 Å². The van der Waals surface area contributed by atoms with E-state index in [1.807, 2.05) is 24.3 Å². The third kappa shape index (κ3) is 4.16. The van der Waals surface area contributed by atoms with Crippen molar-refractivity contribution in [3.63, 3.8) is 0 Å². The van der Waals surface area contributed by atoms with Crippen molar-refractivity contribution in [2.45, 2.75) is 50.9 Å². The highest BCUT2D eigenvalue weighted by Crippen LogP contribution is 2.35. The largest absolute Gasteiger partial charge is 0.491 e. The fourth-order valence-electron chi connectivity index (χ4n) is 4.18. The molecular formula is C21H24F3N3O3. The molecule has 162 valence electrons. The number of nitrogens with one attached hydrogen (secondary N) is 1. The number of hydrogen-bond acceptors (Lipinski definition) is 4. The molecule has 2 aromatic rings. The van der Waals surface area contributed by atoms with Crippen LogP contribution in [0.3, 0.4) is 0 Å². The Morgan fingerprint density at radius 1 is 1.33 bits per heavy atom. The van der Waals surface area contributed by atoms with Crippen molar-refractivity contribution in [3.05, 3.63) is 47.0 Å². The number of carbonyl (C=O) groups excluding carboxylic acids is 1. The maximum absolute atomic E-state index is 13.2. The molecular weight excluding hydrogens is 399 g/mol. The SMILES string of the molecule is O=C(N[C@H]1COc2ccccc2C1)c1nc2n(c1CCCO)CC(C(F)(F)F)CC2. The monoisotopic (exact) mass is 423 g/mol.